The Hall–Kier alpha value is -3.63. The van der Waals surface area contributed by atoms with E-state index in [1.165, 1.54) is 7.11 Å². The Morgan fingerprint density at radius 3 is 2.53 bits per heavy atom. The molecule has 0 amide bonds. The minimum atomic E-state index is -2.66. The summed E-state index contributed by atoms with van der Waals surface area (Å²) in [7, 11) is 2.44. The lowest BCUT2D eigenvalue weighted by molar-refractivity contribution is 0.0601. The second-order valence-electron chi connectivity index (χ2n) is 12.0. The lowest BCUT2D eigenvalue weighted by atomic mass is 9.92. The first-order valence-electron chi connectivity index (χ1n) is 14.2. The van der Waals surface area contributed by atoms with E-state index in [2.05, 4.69) is 35.3 Å². The molecule has 7 nitrogen and oxygen atoms in total. The van der Waals surface area contributed by atoms with Crippen LogP contribution in [0.25, 0.3) is 27.6 Å². The molecule has 0 unspecified atom stereocenters. The van der Waals surface area contributed by atoms with Gasteiger partial charge in [-0.15, -0.1) is 0 Å². The fourth-order valence-electron chi connectivity index (χ4n) is 5.66. The Morgan fingerprint density at radius 2 is 1.91 bits per heavy atom. The van der Waals surface area contributed by atoms with E-state index in [-0.39, 0.29) is 12.3 Å². The van der Waals surface area contributed by atoms with Gasteiger partial charge in [-0.1, -0.05) is 6.58 Å². The minimum absolute atomic E-state index is 0.0319. The number of anilines is 2. The third-order valence-corrected chi connectivity index (χ3v) is 9.22. The van der Waals surface area contributed by atoms with Crippen LogP contribution in [-0.2, 0) is 29.7 Å². The van der Waals surface area contributed by atoms with Crippen molar-refractivity contribution >= 4 is 43.8 Å². The maximum absolute atomic E-state index is 14.5. The molecule has 0 radical (unpaired) electrons. The van der Waals surface area contributed by atoms with Gasteiger partial charge in [-0.05, 0) is 79.5 Å². The van der Waals surface area contributed by atoms with E-state index < -0.39 is 22.4 Å². The molecule has 4 aromatic rings. The van der Waals surface area contributed by atoms with E-state index in [0.717, 1.165) is 52.2 Å². The first-order chi connectivity index (χ1) is 20.4. The van der Waals surface area contributed by atoms with Crippen LogP contribution >= 0.6 is 10.0 Å². The third-order valence-electron chi connectivity index (χ3n) is 7.82. The van der Waals surface area contributed by atoms with Crippen molar-refractivity contribution in [3.63, 3.8) is 0 Å². The van der Waals surface area contributed by atoms with Crippen LogP contribution in [0.1, 0.15) is 46.8 Å². The number of nitrogens with zero attached hydrogens (tertiary/aromatic N) is 4. The van der Waals surface area contributed by atoms with Crippen LogP contribution in [-0.4, -0.2) is 65.1 Å². The predicted molar refractivity (Wildman–Crippen MR) is 173 cm³/mol. The van der Waals surface area contributed by atoms with E-state index in [4.69, 9.17) is 9.47 Å². The summed E-state index contributed by atoms with van der Waals surface area (Å²) in [6.45, 7) is 7.72. The summed E-state index contributed by atoms with van der Waals surface area (Å²) in [5, 5.41) is 4.90. The van der Waals surface area contributed by atoms with E-state index in [1.54, 1.807) is 36.4 Å². The number of fused-ring (bicyclic) bond motifs is 2. The van der Waals surface area contributed by atoms with Gasteiger partial charge in [-0.2, -0.15) is 5.10 Å². The Balaban J connectivity index is 1.63. The molecule has 10 heteroatoms. The summed E-state index contributed by atoms with van der Waals surface area (Å²) in [5.74, 6) is 0.526. The van der Waals surface area contributed by atoms with Crippen LogP contribution in [0, 0.1) is 0 Å². The number of hydrogen-bond donors (Lipinski definition) is 0. The molecule has 230 valence electrons. The number of rotatable bonds is 10. The fraction of sp³-hybridized carbons (Fsp3) is 0.394. The van der Waals surface area contributed by atoms with Gasteiger partial charge in [0.1, 0.15) is 6.73 Å². The average molecular weight is 611 g/mol. The largest absolute Gasteiger partial charge is 0.465 e. The summed E-state index contributed by atoms with van der Waals surface area (Å²) >= 11 is 0. The van der Waals surface area contributed by atoms with E-state index >= 15 is 0 Å². The van der Waals surface area contributed by atoms with E-state index in [1.807, 2.05) is 29.7 Å². The van der Waals surface area contributed by atoms with E-state index in [9.17, 15) is 13.6 Å². The highest BCUT2D eigenvalue weighted by atomic mass is 32.3. The lowest BCUT2D eigenvalue weighted by Crippen LogP contribution is -2.25. The van der Waals surface area contributed by atoms with Gasteiger partial charge in [-0.3, -0.25) is 4.68 Å². The van der Waals surface area contributed by atoms with Crippen molar-refractivity contribution in [1.29, 1.82) is 0 Å². The molecule has 2 aromatic heterocycles. The van der Waals surface area contributed by atoms with Crippen molar-refractivity contribution in [3.8, 4) is 11.1 Å². The number of methoxy groups -OCH3 is 1. The van der Waals surface area contributed by atoms with Crippen molar-refractivity contribution in [3.05, 3.63) is 71.7 Å². The number of allylic oxidation sites excluding steroid dienone is 1. The monoisotopic (exact) mass is 610 g/mol. The second kappa shape index (κ2) is 12.2. The average Bonchev–Trinajstić information content (AvgIpc) is 3.56. The number of carbonyl (C=O) groups excluding carboxylic acids is 1. The van der Waals surface area contributed by atoms with Gasteiger partial charge in [0.25, 0.3) is 6.43 Å². The molecule has 0 atom stereocenters. The van der Waals surface area contributed by atoms with Crippen LogP contribution in [0.4, 0.5) is 20.2 Å². The normalized spacial score (nSPS) is 13.9. The highest BCUT2D eigenvalue weighted by molar-refractivity contribution is 8.32. The number of aromatic nitrogens is 3. The van der Waals surface area contributed by atoms with Gasteiger partial charge < -0.3 is 18.9 Å². The standard InChI is InChI=1S/C33H40F2N4O3S/c1-21(2)25-14-24(15-27-29(33(40)41-4)19-38(31(25)27)20-42-11-12-43(5,6)7)39-10-8-9-22-13-26(23-17-36-37(3)18-23)28(32(34)35)16-30(22)39/h13-19,32H,1,8-12,20H2,2-7H3. The molecule has 3 heterocycles. The lowest BCUT2D eigenvalue weighted by Gasteiger charge is -2.33. The van der Waals surface area contributed by atoms with Crippen LogP contribution in [0.15, 0.2) is 49.4 Å². The summed E-state index contributed by atoms with van der Waals surface area (Å²) < 4.78 is 43.7. The molecule has 0 bridgehead atoms. The number of ether oxygens (including phenoxy) is 2. The first kappa shape index (κ1) is 30.8. The van der Waals surface area contributed by atoms with Crippen molar-refractivity contribution in [2.45, 2.75) is 32.9 Å². The summed E-state index contributed by atoms with van der Waals surface area (Å²) in [4.78, 5) is 15.0. The topological polar surface area (TPSA) is 61.5 Å². The van der Waals surface area contributed by atoms with Gasteiger partial charge in [-0.25, -0.2) is 23.6 Å². The summed E-state index contributed by atoms with van der Waals surface area (Å²) in [6.07, 6.45) is 10.9. The quantitative estimate of drug-likeness (QED) is 0.137. The molecule has 0 aliphatic carbocycles. The van der Waals surface area contributed by atoms with Gasteiger partial charge in [0.2, 0.25) is 0 Å². The van der Waals surface area contributed by atoms with E-state index in [0.29, 0.717) is 35.2 Å². The van der Waals surface area contributed by atoms with Crippen molar-refractivity contribution < 1.29 is 23.0 Å². The molecular weight excluding hydrogens is 570 g/mol. The molecule has 0 spiro atoms. The number of carbonyl (C=O) groups is 1. The molecule has 5 rings (SSSR count). The highest BCUT2D eigenvalue weighted by Gasteiger charge is 2.27. The first-order valence-corrected chi connectivity index (χ1v) is 17.3. The molecule has 0 saturated carbocycles. The van der Waals surface area contributed by atoms with Gasteiger partial charge in [0.05, 0.1) is 31.0 Å². The maximum atomic E-state index is 14.5. The van der Waals surface area contributed by atoms with Crippen molar-refractivity contribution in [2.75, 3.05) is 49.7 Å². The van der Waals surface area contributed by atoms with Crippen LogP contribution in [0.2, 0.25) is 0 Å². The molecular formula is C33H40F2N4O3S. The zero-order valence-electron chi connectivity index (χ0n) is 25.7. The Morgan fingerprint density at radius 1 is 1.14 bits per heavy atom. The Labute approximate surface area is 253 Å². The number of benzene rings is 2. The van der Waals surface area contributed by atoms with Crippen molar-refractivity contribution in [1.82, 2.24) is 14.3 Å². The third kappa shape index (κ3) is 6.35. The van der Waals surface area contributed by atoms with Crippen LogP contribution in [0.3, 0.4) is 0 Å². The molecule has 2 aromatic carbocycles. The highest BCUT2D eigenvalue weighted by Crippen LogP contribution is 2.43. The van der Waals surface area contributed by atoms with Gasteiger partial charge in [0, 0.05) is 65.2 Å². The number of aryl methyl sites for hydroxylation is 2. The number of esters is 1. The van der Waals surface area contributed by atoms with Gasteiger partial charge in [0.15, 0.2) is 0 Å². The smallest absolute Gasteiger partial charge is 0.340 e. The SMILES string of the molecule is C=C(C)c1cc(N2CCCc3cc(-c4cnn(C)c4)c(C(F)F)cc32)cc2c(C(=O)OC)cn(COCCS(C)(C)C)c12. The molecule has 0 fully saturated rings. The predicted octanol–water partition coefficient (Wildman–Crippen LogP) is 7.55. The molecule has 1 aliphatic heterocycles. The summed E-state index contributed by atoms with van der Waals surface area (Å²) in [6, 6.07) is 7.48. The number of alkyl halides is 2. The molecule has 43 heavy (non-hydrogen) atoms. The Bertz CT molecular complexity index is 1690. The van der Waals surface area contributed by atoms with Crippen LogP contribution in [0.5, 0.6) is 0 Å². The molecule has 0 saturated heterocycles. The fourth-order valence-corrected chi connectivity index (χ4v) is 6.28. The summed E-state index contributed by atoms with van der Waals surface area (Å²) in [5.41, 5.74) is 6.61. The number of hydrogen-bond acceptors (Lipinski definition) is 5. The van der Waals surface area contributed by atoms with Gasteiger partial charge >= 0.3 is 5.97 Å². The maximum Gasteiger partial charge on any atom is 0.340 e. The molecule has 0 N–H and O–H groups in total. The minimum Gasteiger partial charge on any atom is -0.465 e. The second-order valence-corrected chi connectivity index (χ2v) is 16.6. The Kier molecular flexibility index (Phi) is 8.72. The zero-order valence-corrected chi connectivity index (χ0v) is 26.6. The number of halogens is 2. The van der Waals surface area contributed by atoms with Crippen molar-refractivity contribution in [2.24, 2.45) is 7.05 Å². The molecule has 1 aliphatic rings. The van der Waals surface area contributed by atoms with Crippen LogP contribution < -0.4 is 4.90 Å². The zero-order chi connectivity index (χ0) is 31.1.